The van der Waals surface area contributed by atoms with Crippen LogP contribution in [0.5, 0.6) is 5.75 Å². The molecule has 3 N–H and O–H groups in total. The van der Waals surface area contributed by atoms with Crippen molar-refractivity contribution < 1.29 is 23.9 Å². The normalized spacial score (nSPS) is 12.5. The van der Waals surface area contributed by atoms with Crippen LogP contribution in [0.15, 0.2) is 24.3 Å². The Kier molecular flexibility index (Phi) is 15.4. The molecule has 0 aliphatic carbocycles. The van der Waals surface area contributed by atoms with E-state index in [1.807, 2.05) is 6.92 Å². The first-order valence-corrected chi connectivity index (χ1v) is 14.1. The Morgan fingerprint density at radius 2 is 1.31 bits per heavy atom. The molecule has 0 saturated heterocycles. The van der Waals surface area contributed by atoms with Gasteiger partial charge in [0.25, 0.3) is 0 Å². The van der Waals surface area contributed by atoms with E-state index in [1.165, 1.54) is 64.2 Å². The molecule has 1 amide bonds. The number of nitrogens with one attached hydrogen (secondary N) is 1. The second-order valence-corrected chi connectivity index (χ2v) is 10.2. The quantitative estimate of drug-likeness (QED) is 0.152. The molecule has 0 aromatic heterocycles. The molecule has 0 saturated carbocycles. The van der Waals surface area contributed by atoms with Gasteiger partial charge in [0.1, 0.15) is 5.75 Å². The highest BCUT2D eigenvalue weighted by atomic mass is 31.2. The summed E-state index contributed by atoms with van der Waals surface area (Å²) in [5.41, 5.74) is 0.375. The number of hydrogen-bond acceptors (Lipinski definition) is 3. The van der Waals surface area contributed by atoms with Crippen LogP contribution < -0.4 is 10.1 Å². The van der Waals surface area contributed by atoms with E-state index in [2.05, 4.69) is 12.2 Å². The summed E-state index contributed by atoms with van der Waals surface area (Å²) >= 11 is 0. The largest absolute Gasteiger partial charge is 0.494 e. The van der Waals surface area contributed by atoms with Gasteiger partial charge >= 0.3 is 7.60 Å². The molecule has 0 spiro atoms. The van der Waals surface area contributed by atoms with Gasteiger partial charge in [-0.3, -0.25) is 9.36 Å². The molecule has 32 heavy (non-hydrogen) atoms. The number of benzene rings is 1. The molecular formula is C25H44NO5P. The van der Waals surface area contributed by atoms with Gasteiger partial charge in [0.05, 0.1) is 6.61 Å². The third kappa shape index (κ3) is 13.2. The number of carbonyl (C=O) groups excluding carboxylic acids is 1. The Bertz CT molecular complexity index is 659. The average molecular weight is 470 g/mol. The summed E-state index contributed by atoms with van der Waals surface area (Å²) in [7, 11) is -4.53. The standard InChI is InChI=1S/C25H44NO5P/c1-3-5-6-7-8-9-10-11-12-13-14-15-16-17-24(27)26-25(32(28,29)30)22-18-20-23(21-19-22)31-4-2/h18-21,25H,3-17H2,1-2H3,(H,26,27)(H2,28,29,30). The maximum Gasteiger partial charge on any atom is 0.352 e. The number of hydrogen-bond donors (Lipinski definition) is 3. The van der Waals surface area contributed by atoms with Gasteiger partial charge in [0, 0.05) is 6.42 Å². The summed E-state index contributed by atoms with van der Waals surface area (Å²) in [5, 5.41) is 2.53. The van der Waals surface area contributed by atoms with Crippen LogP contribution >= 0.6 is 7.60 Å². The molecule has 0 aliphatic rings. The Morgan fingerprint density at radius 3 is 1.75 bits per heavy atom. The van der Waals surface area contributed by atoms with Crippen molar-refractivity contribution in [2.75, 3.05) is 6.61 Å². The Hall–Kier alpha value is -1.36. The van der Waals surface area contributed by atoms with Gasteiger partial charge in [0.15, 0.2) is 5.78 Å². The molecule has 1 atom stereocenters. The molecule has 0 heterocycles. The fourth-order valence-corrected chi connectivity index (χ4v) is 4.68. The second-order valence-electron chi connectivity index (χ2n) is 8.55. The van der Waals surface area contributed by atoms with Crippen LogP contribution in [0, 0.1) is 0 Å². The molecule has 0 aliphatic heterocycles. The minimum absolute atomic E-state index is 0.283. The number of rotatable bonds is 19. The monoisotopic (exact) mass is 469 g/mol. The molecule has 184 valence electrons. The molecule has 0 bridgehead atoms. The Balaban J connectivity index is 2.20. The van der Waals surface area contributed by atoms with E-state index in [0.717, 1.165) is 19.3 Å². The molecule has 1 rings (SSSR count). The number of unbranched alkanes of at least 4 members (excludes halogenated alkanes) is 12. The molecule has 6 nitrogen and oxygen atoms in total. The van der Waals surface area contributed by atoms with Crippen LogP contribution in [-0.4, -0.2) is 22.3 Å². The van der Waals surface area contributed by atoms with Crippen LogP contribution in [0.3, 0.4) is 0 Å². The third-order valence-corrected chi connectivity index (χ3v) is 6.75. The topological polar surface area (TPSA) is 95.9 Å². The summed E-state index contributed by atoms with van der Waals surface area (Å²) in [4.78, 5) is 31.7. The van der Waals surface area contributed by atoms with Crippen LogP contribution in [-0.2, 0) is 9.36 Å². The third-order valence-electron chi connectivity index (χ3n) is 5.65. The molecule has 1 aromatic carbocycles. The predicted molar refractivity (Wildman–Crippen MR) is 131 cm³/mol. The summed E-state index contributed by atoms with van der Waals surface area (Å²) in [6, 6.07) is 6.47. The average Bonchev–Trinajstić information content (AvgIpc) is 2.75. The van der Waals surface area contributed by atoms with E-state index in [9.17, 15) is 19.1 Å². The van der Waals surface area contributed by atoms with E-state index < -0.39 is 13.4 Å². The van der Waals surface area contributed by atoms with Crippen molar-refractivity contribution in [2.24, 2.45) is 0 Å². The predicted octanol–water partition coefficient (Wildman–Crippen LogP) is 6.86. The Morgan fingerprint density at radius 1 is 0.844 bits per heavy atom. The first-order chi connectivity index (χ1) is 15.4. The molecule has 0 radical (unpaired) electrons. The lowest BCUT2D eigenvalue weighted by molar-refractivity contribution is -0.121. The van der Waals surface area contributed by atoms with Crippen molar-refractivity contribution in [1.82, 2.24) is 5.32 Å². The molecule has 7 heteroatoms. The van der Waals surface area contributed by atoms with Gasteiger partial charge in [-0.1, -0.05) is 96.1 Å². The summed E-state index contributed by atoms with van der Waals surface area (Å²) in [6.45, 7) is 4.62. The van der Waals surface area contributed by atoms with Gasteiger partial charge in [-0.25, -0.2) is 0 Å². The van der Waals surface area contributed by atoms with Gasteiger partial charge in [-0.2, -0.15) is 0 Å². The van der Waals surface area contributed by atoms with Gasteiger partial charge in [-0.05, 0) is 31.0 Å². The lowest BCUT2D eigenvalue weighted by atomic mass is 10.0. The molecule has 1 aromatic rings. The zero-order valence-electron chi connectivity index (χ0n) is 20.1. The maximum absolute atomic E-state index is 12.3. The SMILES string of the molecule is CCCCCCCCCCCCCCCC(=O)NC(c1ccc(OCC)cc1)P(=O)(O)O. The highest BCUT2D eigenvalue weighted by Crippen LogP contribution is 2.50. The van der Waals surface area contributed by atoms with Crippen molar-refractivity contribution in [2.45, 2.75) is 110 Å². The lowest BCUT2D eigenvalue weighted by Gasteiger charge is -2.20. The maximum atomic E-state index is 12.3. The fraction of sp³-hybridized carbons (Fsp3) is 0.720. The van der Waals surface area contributed by atoms with Crippen molar-refractivity contribution in [3.8, 4) is 5.75 Å². The summed E-state index contributed by atoms with van der Waals surface area (Å²) < 4.78 is 17.3. The first kappa shape index (κ1) is 28.7. The van der Waals surface area contributed by atoms with Gasteiger partial charge < -0.3 is 19.8 Å². The number of ether oxygens (including phenoxy) is 1. The van der Waals surface area contributed by atoms with Crippen LogP contribution in [0.25, 0.3) is 0 Å². The van der Waals surface area contributed by atoms with E-state index in [-0.39, 0.29) is 12.3 Å². The molecule has 0 fully saturated rings. The minimum atomic E-state index is -4.53. The minimum Gasteiger partial charge on any atom is -0.494 e. The van der Waals surface area contributed by atoms with Crippen LogP contribution in [0.1, 0.15) is 115 Å². The first-order valence-electron chi connectivity index (χ1n) is 12.5. The highest BCUT2D eigenvalue weighted by molar-refractivity contribution is 7.52. The summed E-state index contributed by atoms with van der Waals surface area (Å²) in [5.74, 6) is -1.03. The summed E-state index contributed by atoms with van der Waals surface area (Å²) in [6.07, 6.45) is 16.3. The smallest absolute Gasteiger partial charge is 0.352 e. The zero-order chi connectivity index (χ0) is 23.7. The zero-order valence-corrected chi connectivity index (χ0v) is 21.0. The van der Waals surface area contributed by atoms with Crippen LogP contribution in [0.4, 0.5) is 0 Å². The number of carbonyl (C=O) groups is 1. The molecular weight excluding hydrogens is 425 g/mol. The van der Waals surface area contributed by atoms with Crippen LogP contribution in [0.2, 0.25) is 0 Å². The molecule has 1 unspecified atom stereocenters. The van der Waals surface area contributed by atoms with Gasteiger partial charge in [0.2, 0.25) is 5.91 Å². The second kappa shape index (κ2) is 17.2. The van der Waals surface area contributed by atoms with E-state index in [4.69, 9.17) is 4.74 Å². The van der Waals surface area contributed by atoms with Crippen molar-refractivity contribution >= 4 is 13.5 Å². The van der Waals surface area contributed by atoms with Crippen molar-refractivity contribution in [3.63, 3.8) is 0 Å². The lowest BCUT2D eigenvalue weighted by Crippen LogP contribution is -2.28. The highest BCUT2D eigenvalue weighted by Gasteiger charge is 2.31. The van der Waals surface area contributed by atoms with E-state index >= 15 is 0 Å². The van der Waals surface area contributed by atoms with Gasteiger partial charge in [-0.15, -0.1) is 0 Å². The Labute approximate surface area is 194 Å². The van der Waals surface area contributed by atoms with E-state index in [0.29, 0.717) is 17.9 Å². The van der Waals surface area contributed by atoms with Crippen molar-refractivity contribution in [1.29, 1.82) is 0 Å². The van der Waals surface area contributed by atoms with E-state index in [1.54, 1.807) is 24.3 Å². The van der Waals surface area contributed by atoms with Crippen molar-refractivity contribution in [3.05, 3.63) is 29.8 Å². The fourth-order valence-electron chi connectivity index (χ4n) is 3.80. The number of amides is 1.